The van der Waals surface area contributed by atoms with Crippen LogP contribution in [0.5, 0.6) is 0 Å². The van der Waals surface area contributed by atoms with E-state index in [0.717, 1.165) is 6.07 Å². The molecule has 0 bridgehead atoms. The molecule has 0 saturated heterocycles. The van der Waals surface area contributed by atoms with Gasteiger partial charge in [0.25, 0.3) is 5.91 Å². The van der Waals surface area contributed by atoms with Crippen LogP contribution in [0.3, 0.4) is 0 Å². The minimum atomic E-state index is -0.470. The Kier molecular flexibility index (Phi) is 3.27. The fourth-order valence-corrected chi connectivity index (χ4v) is 1.54. The van der Waals surface area contributed by atoms with E-state index in [4.69, 9.17) is 5.73 Å². The highest BCUT2D eigenvalue weighted by molar-refractivity contribution is 6.07. The number of benzene rings is 1. The number of aryl methyl sites for hydroxylation is 1. The molecule has 2 rings (SSSR count). The molecule has 0 saturated carbocycles. The van der Waals surface area contributed by atoms with Crippen molar-refractivity contribution in [2.24, 2.45) is 0 Å². The number of aromatic nitrogens is 2. The Morgan fingerprint density at radius 1 is 1.56 bits per heavy atom. The van der Waals surface area contributed by atoms with E-state index in [1.807, 2.05) is 6.92 Å². The summed E-state index contributed by atoms with van der Waals surface area (Å²) < 4.78 is 14.5. The number of hydrogen-bond donors (Lipinski definition) is 2. The molecule has 1 amide bonds. The fraction of sp³-hybridized carbons (Fsp3) is 0.167. The van der Waals surface area contributed by atoms with Gasteiger partial charge in [-0.2, -0.15) is 5.10 Å². The lowest BCUT2D eigenvalue weighted by atomic mass is 10.1. The summed E-state index contributed by atoms with van der Waals surface area (Å²) in [7, 11) is 0. The topological polar surface area (TPSA) is 72.9 Å². The predicted octanol–water partition coefficient (Wildman–Crippen LogP) is 1.88. The number of halogens is 1. The number of amides is 1. The largest absolute Gasteiger partial charge is 0.398 e. The van der Waals surface area contributed by atoms with Gasteiger partial charge in [0.05, 0.1) is 17.4 Å². The van der Waals surface area contributed by atoms with Crippen LogP contribution in [0.1, 0.15) is 17.3 Å². The summed E-state index contributed by atoms with van der Waals surface area (Å²) in [5, 5.41) is 6.68. The number of nitrogens with zero attached hydrogens (tertiary/aromatic N) is 2. The number of nitrogen functional groups attached to an aromatic ring is 1. The lowest BCUT2D eigenvalue weighted by molar-refractivity contribution is 0.102. The van der Waals surface area contributed by atoms with Gasteiger partial charge in [-0.3, -0.25) is 9.48 Å². The molecule has 6 heteroatoms. The number of rotatable bonds is 3. The van der Waals surface area contributed by atoms with E-state index in [1.165, 1.54) is 12.1 Å². The standard InChI is InChI=1S/C12H13FN4O/c1-2-17-7-9(6-15-17)16-12(18)10-4-3-8(13)5-11(10)14/h3-7H,2,14H2,1H3,(H,16,18). The molecule has 5 nitrogen and oxygen atoms in total. The molecule has 18 heavy (non-hydrogen) atoms. The quantitative estimate of drug-likeness (QED) is 0.814. The van der Waals surface area contributed by atoms with Crippen molar-refractivity contribution in [3.8, 4) is 0 Å². The third kappa shape index (κ3) is 2.48. The zero-order valence-corrected chi connectivity index (χ0v) is 9.85. The summed E-state index contributed by atoms with van der Waals surface area (Å²) in [5.74, 6) is -0.856. The van der Waals surface area contributed by atoms with Crippen molar-refractivity contribution < 1.29 is 9.18 Å². The summed E-state index contributed by atoms with van der Waals surface area (Å²) in [4.78, 5) is 11.9. The molecule has 1 heterocycles. The third-order valence-electron chi connectivity index (χ3n) is 2.47. The lowest BCUT2D eigenvalue weighted by Gasteiger charge is -2.05. The van der Waals surface area contributed by atoms with E-state index in [-0.39, 0.29) is 17.2 Å². The van der Waals surface area contributed by atoms with Crippen LogP contribution in [0.25, 0.3) is 0 Å². The summed E-state index contributed by atoms with van der Waals surface area (Å²) >= 11 is 0. The number of anilines is 2. The van der Waals surface area contributed by atoms with Gasteiger partial charge in [-0.05, 0) is 25.1 Å². The van der Waals surface area contributed by atoms with E-state index in [0.29, 0.717) is 12.2 Å². The van der Waals surface area contributed by atoms with Crippen LogP contribution in [0.2, 0.25) is 0 Å². The molecule has 1 aromatic heterocycles. The van der Waals surface area contributed by atoms with Crippen molar-refractivity contribution in [1.82, 2.24) is 9.78 Å². The molecule has 0 aliphatic rings. The smallest absolute Gasteiger partial charge is 0.257 e. The summed E-state index contributed by atoms with van der Waals surface area (Å²) in [6.45, 7) is 2.66. The molecule has 0 atom stereocenters. The second kappa shape index (κ2) is 4.87. The monoisotopic (exact) mass is 248 g/mol. The van der Waals surface area contributed by atoms with Crippen molar-refractivity contribution in [1.29, 1.82) is 0 Å². The lowest BCUT2D eigenvalue weighted by Crippen LogP contribution is -2.13. The molecule has 3 N–H and O–H groups in total. The second-order valence-electron chi connectivity index (χ2n) is 3.77. The minimum Gasteiger partial charge on any atom is -0.398 e. The number of nitrogens with two attached hydrogens (primary N) is 1. The molecule has 94 valence electrons. The average molecular weight is 248 g/mol. The molecular formula is C12H13FN4O. The average Bonchev–Trinajstić information content (AvgIpc) is 2.76. The third-order valence-corrected chi connectivity index (χ3v) is 2.47. The Morgan fingerprint density at radius 2 is 2.33 bits per heavy atom. The van der Waals surface area contributed by atoms with Crippen LogP contribution in [0.15, 0.2) is 30.6 Å². The zero-order valence-electron chi connectivity index (χ0n) is 9.85. The van der Waals surface area contributed by atoms with Crippen LogP contribution < -0.4 is 11.1 Å². The van der Waals surface area contributed by atoms with Crippen LogP contribution >= 0.6 is 0 Å². The minimum absolute atomic E-state index is 0.107. The second-order valence-corrected chi connectivity index (χ2v) is 3.77. The molecule has 1 aromatic carbocycles. The van der Waals surface area contributed by atoms with E-state index in [2.05, 4.69) is 10.4 Å². The van der Waals surface area contributed by atoms with Crippen LogP contribution in [-0.4, -0.2) is 15.7 Å². The molecule has 0 spiro atoms. The highest BCUT2D eigenvalue weighted by Gasteiger charge is 2.11. The van der Waals surface area contributed by atoms with Gasteiger partial charge in [0.2, 0.25) is 0 Å². The van der Waals surface area contributed by atoms with Crippen LogP contribution in [0.4, 0.5) is 15.8 Å². The number of carbonyl (C=O) groups excluding carboxylic acids is 1. The Bertz CT molecular complexity index is 579. The van der Waals surface area contributed by atoms with Crippen molar-refractivity contribution in [2.75, 3.05) is 11.1 Å². The molecule has 0 radical (unpaired) electrons. The van der Waals surface area contributed by atoms with E-state index >= 15 is 0 Å². The maximum Gasteiger partial charge on any atom is 0.257 e. The van der Waals surface area contributed by atoms with Crippen LogP contribution in [-0.2, 0) is 6.54 Å². The predicted molar refractivity (Wildman–Crippen MR) is 66.7 cm³/mol. The van der Waals surface area contributed by atoms with Gasteiger partial charge >= 0.3 is 0 Å². The van der Waals surface area contributed by atoms with Gasteiger partial charge in [0.15, 0.2) is 0 Å². The van der Waals surface area contributed by atoms with E-state index < -0.39 is 5.82 Å². The Balaban J connectivity index is 2.16. The fourth-order valence-electron chi connectivity index (χ4n) is 1.54. The van der Waals surface area contributed by atoms with Gasteiger partial charge in [-0.1, -0.05) is 0 Å². The number of nitrogens with one attached hydrogen (secondary N) is 1. The van der Waals surface area contributed by atoms with Crippen molar-refractivity contribution in [2.45, 2.75) is 13.5 Å². The van der Waals surface area contributed by atoms with E-state index in [9.17, 15) is 9.18 Å². The normalized spacial score (nSPS) is 10.3. The van der Waals surface area contributed by atoms with Crippen molar-refractivity contribution in [3.05, 3.63) is 42.0 Å². The highest BCUT2D eigenvalue weighted by atomic mass is 19.1. The Morgan fingerprint density at radius 3 is 2.94 bits per heavy atom. The Labute approximate surface area is 103 Å². The molecule has 2 aromatic rings. The molecule has 0 unspecified atom stereocenters. The van der Waals surface area contributed by atoms with Crippen molar-refractivity contribution >= 4 is 17.3 Å². The zero-order chi connectivity index (χ0) is 13.1. The Hall–Kier alpha value is -2.37. The first-order chi connectivity index (χ1) is 8.60. The first kappa shape index (κ1) is 12.1. The highest BCUT2D eigenvalue weighted by Crippen LogP contribution is 2.15. The summed E-state index contributed by atoms with van der Waals surface area (Å²) in [6, 6.07) is 3.66. The SMILES string of the molecule is CCn1cc(NC(=O)c2ccc(F)cc2N)cn1. The van der Waals surface area contributed by atoms with Gasteiger partial charge in [-0.15, -0.1) is 0 Å². The van der Waals surface area contributed by atoms with Crippen LogP contribution in [0, 0.1) is 5.82 Å². The maximum atomic E-state index is 12.9. The van der Waals surface area contributed by atoms with Crippen molar-refractivity contribution in [3.63, 3.8) is 0 Å². The van der Waals surface area contributed by atoms with E-state index in [1.54, 1.807) is 17.1 Å². The van der Waals surface area contributed by atoms with Gasteiger partial charge in [-0.25, -0.2) is 4.39 Å². The van der Waals surface area contributed by atoms with Gasteiger partial charge in [0, 0.05) is 18.4 Å². The molecule has 0 fully saturated rings. The first-order valence-electron chi connectivity index (χ1n) is 5.49. The number of carbonyl (C=O) groups is 1. The van der Waals surface area contributed by atoms with Gasteiger partial charge in [0.1, 0.15) is 5.82 Å². The molecule has 0 aliphatic heterocycles. The first-order valence-corrected chi connectivity index (χ1v) is 5.49. The molecular weight excluding hydrogens is 235 g/mol. The summed E-state index contributed by atoms with van der Waals surface area (Å²) in [6.07, 6.45) is 3.25. The molecule has 0 aliphatic carbocycles. The van der Waals surface area contributed by atoms with Gasteiger partial charge < -0.3 is 11.1 Å². The number of hydrogen-bond acceptors (Lipinski definition) is 3. The maximum absolute atomic E-state index is 12.9. The summed E-state index contributed by atoms with van der Waals surface area (Å²) in [5.41, 5.74) is 6.50.